The Balaban J connectivity index is 1.71. The maximum Gasteiger partial charge on any atom is 0.267 e. The summed E-state index contributed by atoms with van der Waals surface area (Å²) in [7, 11) is 0. The highest BCUT2D eigenvalue weighted by Gasteiger charge is 2.21. The number of nitrogen functional groups attached to an aromatic ring is 1. The number of aryl methyl sites for hydroxylation is 1. The van der Waals surface area contributed by atoms with E-state index in [9.17, 15) is 9.90 Å². The molecule has 1 unspecified atom stereocenters. The number of aromatic nitrogens is 1. The number of benzene rings is 2. The molecule has 0 aliphatic heterocycles. The number of nitrogens with zero attached hydrogens (tertiary/aromatic N) is 1. The quantitative estimate of drug-likeness (QED) is 0.422. The lowest BCUT2D eigenvalue weighted by atomic mass is 9.99. The maximum absolute atomic E-state index is 12.7. The molecule has 0 spiro atoms. The summed E-state index contributed by atoms with van der Waals surface area (Å²) in [5.41, 5.74) is 9.34. The van der Waals surface area contributed by atoms with Gasteiger partial charge in [-0.05, 0) is 36.8 Å². The maximum atomic E-state index is 12.7. The fraction of sp³-hybridized carbons (Fsp3) is 0.0909. The second kappa shape index (κ2) is 7.83. The van der Waals surface area contributed by atoms with Gasteiger partial charge in [-0.2, -0.15) is 0 Å². The van der Waals surface area contributed by atoms with Crippen LogP contribution in [0.2, 0.25) is 5.02 Å². The van der Waals surface area contributed by atoms with Crippen LogP contribution in [0.3, 0.4) is 0 Å². The summed E-state index contributed by atoms with van der Waals surface area (Å²) in [4.78, 5) is 18.4. The van der Waals surface area contributed by atoms with E-state index in [4.69, 9.17) is 17.3 Å². The van der Waals surface area contributed by atoms with E-state index >= 15 is 0 Å². The summed E-state index contributed by atoms with van der Waals surface area (Å²) >= 11 is 7.20. The predicted molar refractivity (Wildman–Crippen MR) is 119 cm³/mol. The highest BCUT2D eigenvalue weighted by atomic mass is 35.5. The van der Waals surface area contributed by atoms with Crippen molar-refractivity contribution in [2.24, 2.45) is 0 Å². The lowest BCUT2D eigenvalue weighted by Crippen LogP contribution is -2.11. The van der Waals surface area contributed by atoms with Crippen LogP contribution >= 0.6 is 22.9 Å². The number of halogens is 1. The fourth-order valence-corrected chi connectivity index (χ4v) is 4.37. The Kier molecular flexibility index (Phi) is 5.24. The van der Waals surface area contributed by atoms with Crippen LogP contribution in [0.1, 0.15) is 32.6 Å². The number of hydrogen-bond donors (Lipinski definition) is 3. The molecular formula is C22H18ClN3O2S. The van der Waals surface area contributed by atoms with E-state index in [2.05, 4.69) is 10.3 Å². The molecule has 0 aliphatic rings. The van der Waals surface area contributed by atoms with Crippen molar-refractivity contribution < 1.29 is 9.90 Å². The Morgan fingerprint density at radius 2 is 1.93 bits per heavy atom. The molecule has 2 aromatic carbocycles. The number of rotatable bonds is 4. The minimum absolute atomic E-state index is 0.324. The third kappa shape index (κ3) is 3.82. The van der Waals surface area contributed by atoms with Gasteiger partial charge in [0.1, 0.15) is 15.8 Å². The normalized spacial score (nSPS) is 12.1. The van der Waals surface area contributed by atoms with E-state index in [1.165, 1.54) is 11.3 Å². The van der Waals surface area contributed by atoms with Gasteiger partial charge in [-0.15, -0.1) is 11.3 Å². The van der Waals surface area contributed by atoms with Gasteiger partial charge in [-0.3, -0.25) is 4.79 Å². The highest BCUT2D eigenvalue weighted by molar-refractivity contribution is 7.21. The number of carbonyl (C=O) groups excluding carboxylic acids is 1. The van der Waals surface area contributed by atoms with Gasteiger partial charge in [0.05, 0.1) is 5.69 Å². The molecule has 2 heterocycles. The molecular weight excluding hydrogens is 406 g/mol. The molecule has 29 heavy (non-hydrogen) atoms. The molecule has 4 rings (SSSR count). The second-order valence-corrected chi connectivity index (χ2v) is 8.07. The van der Waals surface area contributed by atoms with Crippen LogP contribution in [0, 0.1) is 6.92 Å². The van der Waals surface area contributed by atoms with Crippen LogP contribution in [-0.2, 0) is 0 Å². The Morgan fingerprint density at radius 1 is 1.17 bits per heavy atom. The Morgan fingerprint density at radius 3 is 2.66 bits per heavy atom. The smallest absolute Gasteiger partial charge is 0.267 e. The largest absolute Gasteiger partial charge is 0.397 e. The number of nitrogens with two attached hydrogens (primary N) is 1. The SMILES string of the molecule is Cc1nc2sc(C(=O)Nc3cccc(Cl)c3)c(N)c2cc1C(O)c1ccccc1. The van der Waals surface area contributed by atoms with Gasteiger partial charge in [-0.25, -0.2) is 4.98 Å². The molecule has 0 radical (unpaired) electrons. The first-order valence-corrected chi connectivity index (χ1v) is 10.1. The van der Waals surface area contributed by atoms with Crippen molar-refractivity contribution in [1.29, 1.82) is 0 Å². The van der Waals surface area contributed by atoms with Crippen molar-refractivity contribution in [3.05, 3.63) is 87.4 Å². The van der Waals surface area contributed by atoms with E-state index in [0.29, 0.717) is 42.7 Å². The number of nitrogens with one attached hydrogen (secondary N) is 1. The monoisotopic (exact) mass is 423 g/mol. The number of anilines is 2. The molecule has 7 heteroatoms. The first kappa shape index (κ1) is 19.4. The molecule has 146 valence electrons. The number of aliphatic hydroxyl groups is 1. The minimum Gasteiger partial charge on any atom is -0.397 e. The van der Waals surface area contributed by atoms with E-state index in [1.807, 2.05) is 43.3 Å². The zero-order chi connectivity index (χ0) is 20.5. The minimum atomic E-state index is -0.823. The molecule has 0 fully saturated rings. The van der Waals surface area contributed by atoms with Crippen LogP contribution < -0.4 is 11.1 Å². The van der Waals surface area contributed by atoms with E-state index in [-0.39, 0.29) is 5.91 Å². The van der Waals surface area contributed by atoms with Gasteiger partial charge >= 0.3 is 0 Å². The topological polar surface area (TPSA) is 88.2 Å². The molecule has 0 saturated carbocycles. The summed E-state index contributed by atoms with van der Waals surface area (Å²) in [6.07, 6.45) is -0.823. The molecule has 4 N–H and O–H groups in total. The molecule has 0 saturated heterocycles. The number of amides is 1. The van der Waals surface area contributed by atoms with Crippen molar-refractivity contribution in [2.45, 2.75) is 13.0 Å². The Hall–Kier alpha value is -2.93. The summed E-state index contributed by atoms with van der Waals surface area (Å²) in [5.74, 6) is -0.324. The zero-order valence-electron chi connectivity index (χ0n) is 15.5. The molecule has 0 bridgehead atoms. The van der Waals surface area contributed by atoms with Crippen LogP contribution in [0.25, 0.3) is 10.2 Å². The first-order valence-electron chi connectivity index (χ1n) is 8.93. The van der Waals surface area contributed by atoms with Crippen molar-refractivity contribution >= 4 is 50.4 Å². The van der Waals surface area contributed by atoms with E-state index < -0.39 is 6.10 Å². The Labute approximate surface area is 176 Å². The van der Waals surface area contributed by atoms with Crippen LogP contribution in [0.4, 0.5) is 11.4 Å². The molecule has 0 aliphatic carbocycles. The summed E-state index contributed by atoms with van der Waals surface area (Å²) in [6, 6.07) is 18.1. The number of fused-ring (bicyclic) bond motifs is 1. The molecule has 1 amide bonds. The second-order valence-electron chi connectivity index (χ2n) is 6.64. The molecule has 4 aromatic rings. The zero-order valence-corrected chi connectivity index (χ0v) is 17.1. The average molecular weight is 424 g/mol. The van der Waals surface area contributed by atoms with Gasteiger partial charge in [0.25, 0.3) is 5.91 Å². The third-order valence-electron chi connectivity index (χ3n) is 4.65. The van der Waals surface area contributed by atoms with Crippen molar-refractivity contribution in [1.82, 2.24) is 4.98 Å². The molecule has 5 nitrogen and oxygen atoms in total. The molecule has 1 atom stereocenters. The standard InChI is InChI=1S/C22H18ClN3O2S/c1-12-16(19(27)13-6-3-2-4-7-13)11-17-18(24)20(29-22(17)25-12)21(28)26-15-9-5-8-14(23)10-15/h2-11,19,27H,24H2,1H3,(H,26,28). The van der Waals surface area contributed by atoms with Crippen LogP contribution in [0.15, 0.2) is 60.7 Å². The number of carbonyl (C=O) groups is 1. The Bertz CT molecular complexity index is 1210. The first-order chi connectivity index (χ1) is 13.9. The average Bonchev–Trinajstić information content (AvgIpc) is 3.03. The third-order valence-corrected chi connectivity index (χ3v) is 6.00. The van der Waals surface area contributed by atoms with Gasteiger partial charge < -0.3 is 16.2 Å². The van der Waals surface area contributed by atoms with Crippen LogP contribution in [-0.4, -0.2) is 16.0 Å². The van der Waals surface area contributed by atoms with Gasteiger partial charge in [0.2, 0.25) is 0 Å². The summed E-state index contributed by atoms with van der Waals surface area (Å²) in [6.45, 7) is 1.84. The van der Waals surface area contributed by atoms with Gasteiger partial charge in [-0.1, -0.05) is 48.0 Å². The van der Waals surface area contributed by atoms with Crippen LogP contribution in [0.5, 0.6) is 0 Å². The lowest BCUT2D eigenvalue weighted by Gasteiger charge is -2.14. The number of aliphatic hydroxyl groups excluding tert-OH is 1. The lowest BCUT2D eigenvalue weighted by molar-refractivity contribution is 0.103. The van der Waals surface area contributed by atoms with Gasteiger partial charge in [0.15, 0.2) is 0 Å². The number of hydrogen-bond acceptors (Lipinski definition) is 5. The summed E-state index contributed by atoms with van der Waals surface area (Å²) < 4.78 is 0. The van der Waals surface area contributed by atoms with E-state index in [1.54, 1.807) is 24.3 Å². The molecule has 2 aromatic heterocycles. The van der Waals surface area contributed by atoms with Crippen molar-refractivity contribution in [3.63, 3.8) is 0 Å². The summed E-state index contributed by atoms with van der Waals surface area (Å²) in [5, 5.41) is 14.8. The van der Waals surface area contributed by atoms with Crippen molar-refractivity contribution in [3.8, 4) is 0 Å². The van der Waals surface area contributed by atoms with Crippen molar-refractivity contribution in [2.75, 3.05) is 11.1 Å². The predicted octanol–water partition coefficient (Wildman–Crippen LogP) is 5.17. The highest BCUT2D eigenvalue weighted by Crippen LogP contribution is 2.36. The van der Waals surface area contributed by atoms with E-state index in [0.717, 1.165) is 5.56 Å². The number of thiophene rings is 1. The fourth-order valence-electron chi connectivity index (χ4n) is 3.16. The number of pyridine rings is 1. The van der Waals surface area contributed by atoms with Gasteiger partial charge in [0, 0.05) is 27.4 Å².